The highest BCUT2D eigenvalue weighted by atomic mass is 32.2. The van der Waals surface area contributed by atoms with E-state index in [1.54, 1.807) is 18.0 Å². The topological polar surface area (TPSA) is 38.1 Å². The molecule has 1 aromatic heterocycles. The zero-order valence-electron chi connectivity index (χ0n) is 10.8. The van der Waals surface area contributed by atoms with Crippen LogP contribution in [0.4, 0.5) is 0 Å². The fraction of sp³-hybridized carbons (Fsp3) is 0.750. The predicted molar refractivity (Wildman–Crippen MR) is 68.9 cm³/mol. The smallest absolute Gasteiger partial charge is 0.255 e. The highest BCUT2D eigenvalue weighted by Crippen LogP contribution is 2.26. The van der Waals surface area contributed by atoms with Gasteiger partial charge in [0.15, 0.2) is 0 Å². The summed E-state index contributed by atoms with van der Waals surface area (Å²) in [6.07, 6.45) is 1.70. The molecular weight excluding hydrogens is 220 g/mol. The minimum Gasteiger partial charge on any atom is -0.440 e. The van der Waals surface area contributed by atoms with Crippen LogP contribution in [0, 0.1) is 12.3 Å². The van der Waals surface area contributed by atoms with Gasteiger partial charge in [0, 0.05) is 11.8 Å². The van der Waals surface area contributed by atoms with Crippen LogP contribution >= 0.6 is 11.8 Å². The molecule has 0 amide bonds. The molecule has 0 aliphatic carbocycles. The van der Waals surface area contributed by atoms with E-state index in [9.17, 15) is 0 Å². The molecule has 1 atom stereocenters. The van der Waals surface area contributed by atoms with E-state index >= 15 is 0 Å². The van der Waals surface area contributed by atoms with Crippen LogP contribution in [0.3, 0.4) is 0 Å². The lowest BCUT2D eigenvalue weighted by atomic mass is 9.88. The molecule has 4 heteroatoms. The van der Waals surface area contributed by atoms with Gasteiger partial charge in [-0.15, -0.1) is 0 Å². The fourth-order valence-corrected chi connectivity index (χ4v) is 2.67. The van der Waals surface area contributed by atoms with Crippen molar-refractivity contribution in [3.63, 3.8) is 0 Å². The van der Waals surface area contributed by atoms with Gasteiger partial charge in [0.2, 0.25) is 0 Å². The zero-order valence-corrected chi connectivity index (χ0v) is 11.6. The maximum atomic E-state index is 5.33. The number of thioether (sulfide) groups is 1. The molecule has 0 aromatic carbocycles. The van der Waals surface area contributed by atoms with Crippen LogP contribution in [-0.2, 0) is 0 Å². The largest absolute Gasteiger partial charge is 0.440 e. The third-order valence-electron chi connectivity index (χ3n) is 2.47. The Hall–Kier alpha value is -0.480. The van der Waals surface area contributed by atoms with Gasteiger partial charge in [0.05, 0.1) is 5.69 Å². The summed E-state index contributed by atoms with van der Waals surface area (Å²) in [5, 5.41) is 4.28. The van der Waals surface area contributed by atoms with Crippen molar-refractivity contribution in [2.75, 3.05) is 12.3 Å². The van der Waals surface area contributed by atoms with Crippen molar-refractivity contribution in [1.82, 2.24) is 10.3 Å². The van der Waals surface area contributed by atoms with Gasteiger partial charge in [0.25, 0.3) is 5.22 Å². The normalized spacial score (nSPS) is 14.1. The van der Waals surface area contributed by atoms with Crippen molar-refractivity contribution in [2.24, 2.45) is 5.41 Å². The molecule has 0 bridgehead atoms. The SMILES string of the molecule is CCNC(CSc1nc(C)co1)C(C)(C)C. The third-order valence-corrected chi connectivity index (χ3v) is 3.40. The summed E-state index contributed by atoms with van der Waals surface area (Å²) in [6, 6.07) is 0.467. The Morgan fingerprint density at radius 1 is 1.50 bits per heavy atom. The van der Waals surface area contributed by atoms with Crippen molar-refractivity contribution in [1.29, 1.82) is 0 Å². The van der Waals surface area contributed by atoms with Crippen LogP contribution in [0.2, 0.25) is 0 Å². The molecule has 0 spiro atoms. The minimum atomic E-state index is 0.255. The summed E-state index contributed by atoms with van der Waals surface area (Å²) in [5.74, 6) is 0.983. The van der Waals surface area contributed by atoms with Gasteiger partial charge in [-0.1, -0.05) is 39.5 Å². The zero-order chi connectivity index (χ0) is 12.2. The number of hydrogen-bond donors (Lipinski definition) is 1. The van der Waals surface area contributed by atoms with Crippen LogP contribution in [0.25, 0.3) is 0 Å². The van der Waals surface area contributed by atoms with E-state index in [4.69, 9.17) is 4.42 Å². The molecule has 0 fully saturated rings. The van der Waals surface area contributed by atoms with Crippen molar-refractivity contribution in [2.45, 2.75) is 45.9 Å². The second-order valence-electron chi connectivity index (χ2n) is 5.04. The molecule has 1 rings (SSSR count). The van der Waals surface area contributed by atoms with E-state index in [0.29, 0.717) is 6.04 Å². The lowest BCUT2D eigenvalue weighted by Gasteiger charge is -2.30. The Balaban J connectivity index is 2.50. The predicted octanol–water partition coefficient (Wildman–Crippen LogP) is 3.10. The number of aryl methyl sites for hydroxylation is 1. The van der Waals surface area contributed by atoms with Crippen LogP contribution in [0.5, 0.6) is 0 Å². The molecule has 0 radical (unpaired) electrons. The van der Waals surface area contributed by atoms with Gasteiger partial charge in [-0.3, -0.25) is 0 Å². The lowest BCUT2D eigenvalue weighted by Crippen LogP contribution is -2.42. The highest BCUT2D eigenvalue weighted by Gasteiger charge is 2.24. The number of aromatic nitrogens is 1. The molecule has 1 N–H and O–H groups in total. The average molecular weight is 242 g/mol. The molecule has 0 aliphatic heterocycles. The van der Waals surface area contributed by atoms with E-state index in [0.717, 1.165) is 23.2 Å². The molecule has 1 heterocycles. The highest BCUT2D eigenvalue weighted by molar-refractivity contribution is 7.99. The molecule has 3 nitrogen and oxygen atoms in total. The van der Waals surface area contributed by atoms with E-state index in [2.05, 4.69) is 38.0 Å². The summed E-state index contributed by atoms with van der Waals surface area (Å²) < 4.78 is 5.33. The van der Waals surface area contributed by atoms with Gasteiger partial charge in [0.1, 0.15) is 6.26 Å². The summed E-state index contributed by atoms with van der Waals surface area (Å²) in [4.78, 5) is 4.29. The van der Waals surface area contributed by atoms with Crippen LogP contribution in [0.15, 0.2) is 15.9 Å². The number of hydrogen-bond acceptors (Lipinski definition) is 4. The first kappa shape index (κ1) is 13.6. The first-order valence-electron chi connectivity index (χ1n) is 5.71. The van der Waals surface area contributed by atoms with Crippen molar-refractivity contribution >= 4 is 11.8 Å². The number of nitrogens with zero attached hydrogens (tertiary/aromatic N) is 1. The Labute approximate surface area is 102 Å². The van der Waals surface area contributed by atoms with E-state index in [1.165, 1.54) is 0 Å². The van der Waals surface area contributed by atoms with Crippen LogP contribution in [-0.4, -0.2) is 23.3 Å². The molecule has 92 valence electrons. The molecule has 0 saturated heterocycles. The first-order valence-corrected chi connectivity index (χ1v) is 6.70. The quantitative estimate of drug-likeness (QED) is 0.805. The second kappa shape index (κ2) is 5.73. The average Bonchev–Trinajstić information content (AvgIpc) is 2.57. The molecule has 1 aromatic rings. The van der Waals surface area contributed by atoms with E-state index in [-0.39, 0.29) is 5.41 Å². The fourth-order valence-electron chi connectivity index (χ4n) is 1.41. The van der Waals surface area contributed by atoms with Crippen LogP contribution < -0.4 is 5.32 Å². The second-order valence-corrected chi connectivity index (χ2v) is 6.01. The van der Waals surface area contributed by atoms with Gasteiger partial charge in [-0.2, -0.15) is 0 Å². The van der Waals surface area contributed by atoms with Gasteiger partial charge < -0.3 is 9.73 Å². The third kappa shape index (κ3) is 4.18. The number of rotatable bonds is 5. The lowest BCUT2D eigenvalue weighted by molar-refractivity contribution is 0.295. The molecule has 0 saturated carbocycles. The Morgan fingerprint density at radius 3 is 2.62 bits per heavy atom. The van der Waals surface area contributed by atoms with Crippen molar-refractivity contribution in [3.8, 4) is 0 Å². The van der Waals surface area contributed by atoms with Gasteiger partial charge in [-0.25, -0.2) is 4.98 Å². The summed E-state index contributed by atoms with van der Waals surface area (Å²) >= 11 is 1.68. The van der Waals surface area contributed by atoms with Crippen molar-refractivity contribution < 1.29 is 4.42 Å². The Kier molecular flexibility index (Phi) is 4.87. The number of oxazole rings is 1. The van der Waals surface area contributed by atoms with Crippen LogP contribution in [0.1, 0.15) is 33.4 Å². The summed E-state index contributed by atoms with van der Waals surface area (Å²) in [5.41, 5.74) is 1.20. The first-order chi connectivity index (χ1) is 7.43. The number of nitrogens with one attached hydrogen (secondary N) is 1. The molecule has 0 aliphatic rings. The summed E-state index contributed by atoms with van der Waals surface area (Å²) in [7, 11) is 0. The van der Waals surface area contributed by atoms with Gasteiger partial charge >= 0.3 is 0 Å². The maximum Gasteiger partial charge on any atom is 0.255 e. The van der Waals surface area contributed by atoms with Crippen molar-refractivity contribution in [3.05, 3.63) is 12.0 Å². The molecule has 16 heavy (non-hydrogen) atoms. The maximum absolute atomic E-state index is 5.33. The summed E-state index contributed by atoms with van der Waals surface area (Å²) in [6.45, 7) is 11.8. The standard InChI is InChI=1S/C12H22N2OS/c1-6-13-10(12(3,4)5)8-16-11-14-9(2)7-15-11/h7,10,13H,6,8H2,1-5H3. The minimum absolute atomic E-state index is 0.255. The van der Waals surface area contributed by atoms with E-state index < -0.39 is 0 Å². The van der Waals surface area contributed by atoms with E-state index in [1.807, 2.05) is 6.92 Å². The van der Waals surface area contributed by atoms with Gasteiger partial charge in [-0.05, 0) is 18.9 Å². The Bertz CT molecular complexity index is 317. The molecular formula is C12H22N2OS. The Morgan fingerprint density at radius 2 is 2.19 bits per heavy atom. The molecule has 1 unspecified atom stereocenters. The monoisotopic (exact) mass is 242 g/mol.